The van der Waals surface area contributed by atoms with Gasteiger partial charge in [-0.1, -0.05) is 53.7 Å². The van der Waals surface area contributed by atoms with Crippen molar-refractivity contribution in [2.45, 2.75) is 77.7 Å². The molecule has 0 saturated heterocycles. The summed E-state index contributed by atoms with van der Waals surface area (Å²) in [5, 5.41) is 16.5. The average Bonchev–Trinajstić information content (AvgIpc) is 3.77. The highest BCUT2D eigenvalue weighted by Gasteiger charge is 2.44. The van der Waals surface area contributed by atoms with Gasteiger partial charge in [0.15, 0.2) is 8.32 Å². The van der Waals surface area contributed by atoms with Crippen LogP contribution in [0.1, 0.15) is 53.8 Å². The number of fused-ring (bicyclic) bond motifs is 1. The smallest absolute Gasteiger partial charge is 0.294 e. The Morgan fingerprint density at radius 3 is 2.34 bits per heavy atom. The lowest BCUT2D eigenvalue weighted by molar-refractivity contribution is -0.384. The number of methoxy groups -OCH3 is 2. The predicted molar refractivity (Wildman–Crippen MR) is 226 cm³/mol. The topological polar surface area (TPSA) is 146 Å². The monoisotopic (exact) mass is 786 g/mol. The number of nitro benzene ring substituents is 1. The summed E-state index contributed by atoms with van der Waals surface area (Å²) in [6.45, 7) is 16.0. The maximum atomic E-state index is 12.3. The molecule has 56 heavy (non-hydrogen) atoms. The second kappa shape index (κ2) is 18.4. The highest BCUT2D eigenvalue weighted by molar-refractivity contribution is 6.77. The van der Waals surface area contributed by atoms with E-state index >= 15 is 0 Å². The molecule has 0 aliphatic heterocycles. The third-order valence-electron chi connectivity index (χ3n) is 10.6. The number of nitro groups is 1. The summed E-state index contributed by atoms with van der Waals surface area (Å²) in [6.07, 6.45) is 4.77. The van der Waals surface area contributed by atoms with Gasteiger partial charge in [-0.2, -0.15) is 0 Å². The fourth-order valence-electron chi connectivity index (χ4n) is 7.92. The van der Waals surface area contributed by atoms with Gasteiger partial charge in [0.25, 0.3) is 5.69 Å². The van der Waals surface area contributed by atoms with Crippen molar-refractivity contribution in [1.82, 2.24) is 24.4 Å². The molecule has 1 N–H and O–H groups in total. The molecule has 0 unspecified atom stereocenters. The summed E-state index contributed by atoms with van der Waals surface area (Å²) in [7, 11) is 6.90. The van der Waals surface area contributed by atoms with Gasteiger partial charge >= 0.3 is 0 Å². The molecule has 0 saturated carbocycles. The minimum Gasteiger partial charge on any atom is -0.494 e. The van der Waals surface area contributed by atoms with Gasteiger partial charge in [0.2, 0.25) is 5.95 Å². The van der Waals surface area contributed by atoms with Crippen LogP contribution in [-0.2, 0) is 22.3 Å². The number of aromatic nitrogens is 4. The first-order valence-electron chi connectivity index (χ1n) is 19.2. The molecule has 14 nitrogen and oxygen atoms in total. The molecule has 0 radical (unpaired) electrons. The van der Waals surface area contributed by atoms with E-state index in [4.69, 9.17) is 28.3 Å². The Kier molecular flexibility index (Phi) is 13.9. The van der Waals surface area contributed by atoms with Gasteiger partial charge in [0, 0.05) is 69.6 Å². The number of likely N-dealkylation sites (N-methyl/N-ethyl adjacent to an activating group) is 2. The van der Waals surface area contributed by atoms with E-state index in [0.29, 0.717) is 59.0 Å². The van der Waals surface area contributed by atoms with Crippen LogP contribution >= 0.6 is 0 Å². The Labute approximate surface area is 331 Å². The zero-order valence-corrected chi connectivity index (χ0v) is 35.8. The molecule has 2 aromatic carbocycles. The van der Waals surface area contributed by atoms with Gasteiger partial charge in [-0.25, -0.2) is 15.0 Å². The highest BCUT2D eigenvalue weighted by Crippen LogP contribution is 2.43. The first-order valence-corrected chi connectivity index (χ1v) is 21.4. The molecule has 0 aliphatic carbocycles. The van der Waals surface area contributed by atoms with Crippen molar-refractivity contribution < 1.29 is 23.2 Å². The van der Waals surface area contributed by atoms with E-state index in [2.05, 4.69) is 56.4 Å². The normalized spacial score (nSPS) is 12.1. The molecule has 0 aliphatic rings. The lowest BCUT2D eigenvalue weighted by Gasteiger charge is -2.42. The Hall–Kier alpha value is -4.83. The Balaban J connectivity index is 1.55. The standard InChI is InChI=1S/C41H58N8O6Si/c1-27(2)56(28(3)4,29(5)6)55-21-12-13-38-45-39(31-15-14-30-17-22-54-36(30)23-31)40(48(38)26-52-10)32-16-18-42-41(43-32)44-33-24-35(49(50)51)34(25-37(33)53-11)47(9)20-19-46(7)8/h14-18,22-25,27-29H,12-13,19-21,26H2,1-11H3,(H,42,43,44). The van der Waals surface area contributed by atoms with E-state index in [0.717, 1.165) is 46.7 Å². The first kappa shape index (κ1) is 42.3. The van der Waals surface area contributed by atoms with Crippen LogP contribution in [0.2, 0.25) is 16.6 Å². The maximum Gasteiger partial charge on any atom is 0.294 e. The van der Waals surface area contributed by atoms with Gasteiger partial charge in [-0.15, -0.1) is 0 Å². The summed E-state index contributed by atoms with van der Waals surface area (Å²) in [6, 6.07) is 12.9. The van der Waals surface area contributed by atoms with Crippen LogP contribution in [-0.4, -0.2) is 92.7 Å². The Morgan fingerprint density at radius 1 is 0.964 bits per heavy atom. The molecule has 3 aromatic heterocycles. The lowest BCUT2D eigenvalue weighted by Crippen LogP contribution is -2.48. The van der Waals surface area contributed by atoms with Crippen LogP contribution in [0, 0.1) is 10.1 Å². The summed E-state index contributed by atoms with van der Waals surface area (Å²) in [5.41, 5.74) is 5.87. The summed E-state index contributed by atoms with van der Waals surface area (Å²) >= 11 is 0. The Bertz CT molecular complexity index is 2070. The summed E-state index contributed by atoms with van der Waals surface area (Å²) in [4.78, 5) is 30.5. The minimum atomic E-state index is -2.03. The van der Waals surface area contributed by atoms with Crippen molar-refractivity contribution in [3.63, 3.8) is 0 Å². The number of imidazole rings is 1. The number of rotatable bonds is 20. The first-order chi connectivity index (χ1) is 26.7. The minimum absolute atomic E-state index is 0.0665. The number of hydrogen-bond donors (Lipinski definition) is 1. The molecular formula is C41H58N8O6Si. The van der Waals surface area contributed by atoms with E-state index in [1.807, 2.05) is 61.3 Å². The molecule has 5 rings (SSSR count). The fraction of sp³-hybridized carbons (Fsp3) is 0.488. The third kappa shape index (κ3) is 9.07. The molecule has 302 valence electrons. The number of ether oxygens (including phenoxy) is 2. The second-order valence-corrected chi connectivity index (χ2v) is 20.9. The molecule has 3 heterocycles. The molecule has 5 aromatic rings. The largest absolute Gasteiger partial charge is 0.494 e. The number of anilines is 3. The SMILES string of the molecule is COCn1c(CCCO[Si](C(C)C)(C(C)C)C(C)C)nc(-c2ccc3ccoc3c2)c1-c1ccnc(Nc2cc([N+](=O)[O-])c(N(C)CCN(C)C)cc2OC)n1. The van der Waals surface area contributed by atoms with Crippen LogP contribution < -0.4 is 15.0 Å². The maximum absolute atomic E-state index is 12.3. The second-order valence-electron chi connectivity index (χ2n) is 15.4. The van der Waals surface area contributed by atoms with E-state index < -0.39 is 13.2 Å². The van der Waals surface area contributed by atoms with Gasteiger partial charge < -0.3 is 38.0 Å². The van der Waals surface area contributed by atoms with Crippen molar-refractivity contribution in [3.05, 3.63) is 70.9 Å². The number of aryl methyl sites for hydroxylation is 1. The number of nitrogens with zero attached hydrogens (tertiary/aromatic N) is 7. The predicted octanol–water partition coefficient (Wildman–Crippen LogP) is 9.14. The Morgan fingerprint density at radius 2 is 1.70 bits per heavy atom. The van der Waals surface area contributed by atoms with Gasteiger partial charge in [0.1, 0.15) is 29.6 Å². The molecule has 0 bridgehead atoms. The molecule has 15 heteroatoms. The molecular weight excluding hydrogens is 729 g/mol. The van der Waals surface area contributed by atoms with Crippen LogP contribution in [0.4, 0.5) is 23.0 Å². The van der Waals surface area contributed by atoms with Crippen molar-refractivity contribution in [2.75, 3.05) is 65.3 Å². The lowest BCUT2D eigenvalue weighted by atomic mass is 10.1. The third-order valence-corrected chi connectivity index (χ3v) is 16.7. The average molecular weight is 787 g/mol. The zero-order valence-electron chi connectivity index (χ0n) is 34.8. The van der Waals surface area contributed by atoms with E-state index in [1.54, 1.807) is 25.6 Å². The van der Waals surface area contributed by atoms with Gasteiger partial charge in [-0.3, -0.25) is 10.1 Å². The highest BCUT2D eigenvalue weighted by atomic mass is 28.4. The van der Waals surface area contributed by atoms with E-state index in [1.165, 1.54) is 13.2 Å². The number of benzene rings is 2. The van der Waals surface area contributed by atoms with E-state index in [-0.39, 0.29) is 18.4 Å². The summed E-state index contributed by atoms with van der Waals surface area (Å²) in [5.74, 6) is 1.48. The molecule has 0 amide bonds. The molecule has 0 atom stereocenters. The fourth-order valence-corrected chi connectivity index (χ4v) is 13.4. The number of furan rings is 1. The van der Waals surface area contributed by atoms with Gasteiger partial charge in [0.05, 0.1) is 41.1 Å². The van der Waals surface area contributed by atoms with Crippen LogP contribution in [0.25, 0.3) is 33.6 Å². The van der Waals surface area contributed by atoms with Crippen LogP contribution in [0.3, 0.4) is 0 Å². The summed E-state index contributed by atoms with van der Waals surface area (Å²) < 4.78 is 26.3. The van der Waals surface area contributed by atoms with Crippen LogP contribution in [0.15, 0.2) is 59.3 Å². The zero-order chi connectivity index (χ0) is 40.7. The number of hydrogen-bond acceptors (Lipinski definition) is 12. The quantitative estimate of drug-likeness (QED) is 0.0347. The van der Waals surface area contributed by atoms with Crippen LogP contribution in [0.5, 0.6) is 5.75 Å². The molecule has 0 fully saturated rings. The van der Waals surface area contributed by atoms with Crippen molar-refractivity contribution in [3.8, 4) is 28.4 Å². The number of nitrogens with one attached hydrogen (secondary N) is 1. The van der Waals surface area contributed by atoms with Gasteiger partial charge in [-0.05, 0) is 55.3 Å². The van der Waals surface area contributed by atoms with Crippen molar-refractivity contribution in [1.29, 1.82) is 0 Å². The van der Waals surface area contributed by atoms with E-state index in [9.17, 15) is 10.1 Å². The van der Waals surface area contributed by atoms with Crippen molar-refractivity contribution in [2.24, 2.45) is 0 Å². The molecule has 0 spiro atoms. The van der Waals surface area contributed by atoms with Crippen molar-refractivity contribution >= 4 is 42.3 Å².